The third-order valence-corrected chi connectivity index (χ3v) is 3.55. The van der Waals surface area contributed by atoms with Crippen LogP contribution in [0.2, 0.25) is 0 Å². The van der Waals surface area contributed by atoms with E-state index in [1.165, 1.54) is 0 Å². The van der Waals surface area contributed by atoms with Crippen LogP contribution in [-0.2, 0) is 24.0 Å². The second-order valence-corrected chi connectivity index (χ2v) is 5.71. The molecule has 0 bridgehead atoms. The van der Waals surface area contributed by atoms with Gasteiger partial charge in [0.15, 0.2) is 0 Å². The van der Waals surface area contributed by atoms with Gasteiger partial charge >= 0.3 is 5.97 Å². The van der Waals surface area contributed by atoms with Crippen LogP contribution < -0.4 is 27.4 Å². The van der Waals surface area contributed by atoms with Gasteiger partial charge in [-0.25, -0.2) is 4.79 Å². The Labute approximate surface area is 159 Å². The molecule has 0 fully saturated rings. The number of nitrogens with one attached hydrogen (secondary N) is 3. The number of thiol groups is 1. The average molecular weight is 409 g/mol. The number of carboxylic acids is 1. The van der Waals surface area contributed by atoms with Gasteiger partial charge in [-0.15, -0.1) is 0 Å². The zero-order chi connectivity index (χ0) is 21.1. The van der Waals surface area contributed by atoms with E-state index in [2.05, 4.69) is 23.3 Å². The fraction of sp³-hybridized carbons (Fsp3) is 0.615. The quantitative estimate of drug-likeness (QED) is 0.140. The molecule has 154 valence electrons. The standard InChI is InChI=1S/C13H23N5O8S/c14-5(1-9(15)21)10(22)16-6(2-19)11(23)18-8(4-27)12(24)17-7(3-20)13(25)26/h5-8,19-20,27H,1-4,14H2,(H2,15,21)(H,16,22)(H,17,24)(H,18,23)(H,25,26). The van der Waals surface area contributed by atoms with Crippen molar-refractivity contribution in [2.45, 2.75) is 30.6 Å². The van der Waals surface area contributed by atoms with E-state index in [9.17, 15) is 29.1 Å². The number of carbonyl (C=O) groups is 5. The molecule has 0 aliphatic heterocycles. The predicted molar refractivity (Wildman–Crippen MR) is 93.2 cm³/mol. The fourth-order valence-electron chi connectivity index (χ4n) is 1.71. The minimum Gasteiger partial charge on any atom is -0.480 e. The van der Waals surface area contributed by atoms with E-state index in [1.54, 1.807) is 0 Å². The number of aliphatic hydroxyl groups excluding tert-OH is 2. The van der Waals surface area contributed by atoms with Crippen molar-refractivity contribution in [1.29, 1.82) is 0 Å². The highest BCUT2D eigenvalue weighted by Gasteiger charge is 2.29. The summed E-state index contributed by atoms with van der Waals surface area (Å²) in [5, 5.41) is 33.2. The summed E-state index contributed by atoms with van der Waals surface area (Å²) in [7, 11) is 0. The van der Waals surface area contributed by atoms with Crippen molar-refractivity contribution in [3.63, 3.8) is 0 Å². The molecular formula is C13H23N5O8S. The molecule has 4 amide bonds. The zero-order valence-corrected chi connectivity index (χ0v) is 15.0. The first kappa shape index (κ1) is 24.6. The molecule has 27 heavy (non-hydrogen) atoms. The predicted octanol–water partition coefficient (Wildman–Crippen LogP) is -5.36. The number of carbonyl (C=O) groups excluding carboxylic acids is 4. The minimum atomic E-state index is -1.59. The van der Waals surface area contributed by atoms with Gasteiger partial charge in [-0.3, -0.25) is 19.2 Å². The molecule has 0 spiro atoms. The fourth-order valence-corrected chi connectivity index (χ4v) is 1.96. The summed E-state index contributed by atoms with van der Waals surface area (Å²) in [5.74, 6) is -5.44. The molecular weight excluding hydrogens is 386 g/mol. The molecule has 4 unspecified atom stereocenters. The minimum absolute atomic E-state index is 0.247. The molecule has 13 nitrogen and oxygen atoms in total. The topological polar surface area (TPSA) is 234 Å². The van der Waals surface area contributed by atoms with Crippen molar-refractivity contribution in [2.24, 2.45) is 11.5 Å². The van der Waals surface area contributed by atoms with Crippen LogP contribution in [0.1, 0.15) is 6.42 Å². The molecule has 4 atom stereocenters. The van der Waals surface area contributed by atoms with E-state index in [0.29, 0.717) is 0 Å². The molecule has 0 saturated heterocycles. The summed E-state index contributed by atoms with van der Waals surface area (Å²) in [6.45, 7) is -1.72. The number of rotatable bonds is 12. The van der Waals surface area contributed by atoms with Crippen LogP contribution in [0, 0.1) is 0 Å². The van der Waals surface area contributed by atoms with Gasteiger partial charge in [0.05, 0.1) is 25.7 Å². The van der Waals surface area contributed by atoms with Crippen LogP contribution >= 0.6 is 12.6 Å². The third-order valence-electron chi connectivity index (χ3n) is 3.19. The first-order chi connectivity index (χ1) is 12.6. The maximum absolute atomic E-state index is 12.1. The lowest BCUT2D eigenvalue weighted by Gasteiger charge is -2.23. The highest BCUT2D eigenvalue weighted by molar-refractivity contribution is 7.80. The summed E-state index contributed by atoms with van der Waals surface area (Å²) in [5.41, 5.74) is 10.3. The number of aliphatic hydroxyl groups is 2. The molecule has 0 saturated carbocycles. The Morgan fingerprint density at radius 2 is 1.30 bits per heavy atom. The Morgan fingerprint density at radius 3 is 1.70 bits per heavy atom. The smallest absolute Gasteiger partial charge is 0.328 e. The van der Waals surface area contributed by atoms with Gasteiger partial charge in [0.1, 0.15) is 18.1 Å². The lowest BCUT2D eigenvalue weighted by atomic mass is 10.1. The highest BCUT2D eigenvalue weighted by Crippen LogP contribution is 1.96. The van der Waals surface area contributed by atoms with Crippen molar-refractivity contribution in [1.82, 2.24) is 16.0 Å². The van der Waals surface area contributed by atoms with E-state index >= 15 is 0 Å². The molecule has 0 aliphatic rings. The first-order valence-corrected chi connectivity index (χ1v) is 8.20. The van der Waals surface area contributed by atoms with Crippen molar-refractivity contribution < 1.29 is 39.3 Å². The van der Waals surface area contributed by atoms with Crippen LogP contribution in [0.25, 0.3) is 0 Å². The van der Waals surface area contributed by atoms with Crippen LogP contribution in [-0.4, -0.2) is 88.1 Å². The van der Waals surface area contributed by atoms with Crippen molar-refractivity contribution in [2.75, 3.05) is 19.0 Å². The Hall–Kier alpha value is -2.42. The van der Waals surface area contributed by atoms with Crippen molar-refractivity contribution in [3.8, 4) is 0 Å². The van der Waals surface area contributed by atoms with Gasteiger partial charge < -0.3 is 42.7 Å². The molecule has 0 aliphatic carbocycles. The first-order valence-electron chi connectivity index (χ1n) is 7.57. The summed E-state index contributed by atoms with van der Waals surface area (Å²) in [6.07, 6.45) is -0.481. The van der Waals surface area contributed by atoms with E-state index in [1.807, 2.05) is 5.32 Å². The number of amides is 4. The number of hydrogen-bond acceptors (Lipinski definition) is 9. The van der Waals surface area contributed by atoms with Gasteiger partial charge in [-0.1, -0.05) is 0 Å². The number of hydrogen-bond donors (Lipinski definition) is 9. The van der Waals surface area contributed by atoms with Gasteiger partial charge in [0.2, 0.25) is 23.6 Å². The van der Waals surface area contributed by atoms with Crippen LogP contribution in [0.3, 0.4) is 0 Å². The molecule has 0 rings (SSSR count). The van der Waals surface area contributed by atoms with Gasteiger partial charge in [-0.2, -0.15) is 12.6 Å². The number of carboxylic acid groups (broad SMARTS) is 1. The maximum atomic E-state index is 12.1. The SMILES string of the molecule is NC(=O)CC(N)C(=O)NC(CO)C(=O)NC(CS)C(=O)NC(CO)C(=O)O. The lowest BCUT2D eigenvalue weighted by Crippen LogP contribution is -2.59. The molecule has 0 aromatic carbocycles. The highest BCUT2D eigenvalue weighted by atomic mass is 32.1. The van der Waals surface area contributed by atoms with Crippen LogP contribution in [0.5, 0.6) is 0 Å². The summed E-state index contributed by atoms with van der Waals surface area (Å²) < 4.78 is 0. The van der Waals surface area contributed by atoms with E-state index in [0.717, 1.165) is 0 Å². The van der Waals surface area contributed by atoms with Crippen LogP contribution in [0.4, 0.5) is 0 Å². The summed E-state index contributed by atoms with van der Waals surface area (Å²) in [6, 6.07) is -5.75. The second-order valence-electron chi connectivity index (χ2n) is 5.35. The number of aliphatic carboxylic acids is 1. The van der Waals surface area contributed by atoms with Crippen LogP contribution in [0.15, 0.2) is 0 Å². The summed E-state index contributed by atoms with van der Waals surface area (Å²) >= 11 is 3.86. The van der Waals surface area contributed by atoms with Gasteiger partial charge in [0, 0.05) is 5.75 Å². The van der Waals surface area contributed by atoms with E-state index in [4.69, 9.17) is 21.7 Å². The Balaban J connectivity index is 4.91. The second kappa shape index (κ2) is 12.1. The lowest BCUT2D eigenvalue weighted by molar-refractivity contribution is -0.143. The van der Waals surface area contributed by atoms with Gasteiger partial charge in [-0.05, 0) is 0 Å². The third kappa shape index (κ3) is 8.67. The Bertz CT molecular complexity index is 575. The molecule has 14 heteroatoms. The average Bonchev–Trinajstić information content (AvgIpc) is 2.60. The van der Waals surface area contributed by atoms with Gasteiger partial charge in [0.25, 0.3) is 0 Å². The van der Waals surface area contributed by atoms with E-state index < -0.39 is 73.4 Å². The van der Waals surface area contributed by atoms with Crippen molar-refractivity contribution in [3.05, 3.63) is 0 Å². The largest absolute Gasteiger partial charge is 0.480 e. The van der Waals surface area contributed by atoms with Crippen molar-refractivity contribution >= 4 is 42.2 Å². The molecule has 0 aromatic rings. The number of nitrogens with two attached hydrogens (primary N) is 2. The molecule has 0 aromatic heterocycles. The zero-order valence-electron chi connectivity index (χ0n) is 14.1. The number of primary amides is 1. The maximum Gasteiger partial charge on any atom is 0.328 e. The molecule has 0 radical (unpaired) electrons. The molecule has 0 heterocycles. The normalized spacial score (nSPS) is 15.0. The Morgan fingerprint density at radius 1 is 0.852 bits per heavy atom. The van der Waals surface area contributed by atoms with E-state index in [-0.39, 0.29) is 5.75 Å². The molecule has 10 N–H and O–H groups in total. The Kier molecular flexibility index (Phi) is 11.0. The monoisotopic (exact) mass is 409 g/mol. The summed E-state index contributed by atoms with van der Waals surface area (Å²) in [4.78, 5) is 57.4.